The third-order valence-electron chi connectivity index (χ3n) is 2.27. The first-order valence-corrected chi connectivity index (χ1v) is 6.07. The summed E-state index contributed by atoms with van der Waals surface area (Å²) >= 11 is 1.72. The van der Waals surface area contributed by atoms with Gasteiger partial charge in [0.2, 0.25) is 0 Å². The SMILES string of the molecule is OCCN(Cc1cccs1)c1ccccn1. The predicted molar refractivity (Wildman–Crippen MR) is 66.7 cm³/mol. The van der Waals surface area contributed by atoms with Gasteiger partial charge >= 0.3 is 0 Å². The fourth-order valence-corrected chi connectivity index (χ4v) is 2.25. The lowest BCUT2D eigenvalue weighted by atomic mass is 10.3. The molecule has 0 radical (unpaired) electrons. The molecule has 0 aliphatic rings. The maximum atomic E-state index is 9.06. The van der Waals surface area contributed by atoms with E-state index in [-0.39, 0.29) is 6.61 Å². The molecular formula is C12H14N2OS. The predicted octanol–water partition coefficient (Wildman–Crippen LogP) is 2.14. The Balaban J connectivity index is 2.11. The van der Waals surface area contributed by atoms with Crippen LogP contribution in [0.2, 0.25) is 0 Å². The minimum atomic E-state index is 0.141. The summed E-state index contributed by atoms with van der Waals surface area (Å²) in [6.07, 6.45) is 1.77. The summed E-state index contributed by atoms with van der Waals surface area (Å²) in [5.41, 5.74) is 0. The fraction of sp³-hybridized carbons (Fsp3) is 0.250. The average Bonchev–Trinajstić information content (AvgIpc) is 2.83. The number of hydrogen-bond acceptors (Lipinski definition) is 4. The molecule has 2 aromatic rings. The van der Waals surface area contributed by atoms with Crippen LogP contribution in [0.25, 0.3) is 0 Å². The highest BCUT2D eigenvalue weighted by Gasteiger charge is 2.07. The van der Waals surface area contributed by atoms with Crippen molar-refractivity contribution in [3.63, 3.8) is 0 Å². The number of pyridine rings is 1. The van der Waals surface area contributed by atoms with E-state index in [2.05, 4.69) is 21.3 Å². The minimum Gasteiger partial charge on any atom is -0.395 e. The third kappa shape index (κ3) is 2.81. The van der Waals surface area contributed by atoms with Gasteiger partial charge < -0.3 is 10.0 Å². The summed E-state index contributed by atoms with van der Waals surface area (Å²) in [4.78, 5) is 7.65. The Morgan fingerprint density at radius 3 is 2.81 bits per heavy atom. The van der Waals surface area contributed by atoms with Crippen LogP contribution in [-0.2, 0) is 6.54 Å². The molecule has 0 fully saturated rings. The van der Waals surface area contributed by atoms with Crippen molar-refractivity contribution in [1.29, 1.82) is 0 Å². The smallest absolute Gasteiger partial charge is 0.128 e. The van der Waals surface area contributed by atoms with Gasteiger partial charge in [-0.25, -0.2) is 4.98 Å². The van der Waals surface area contributed by atoms with Crippen molar-refractivity contribution in [1.82, 2.24) is 4.98 Å². The maximum Gasteiger partial charge on any atom is 0.128 e. The molecule has 0 amide bonds. The third-order valence-corrected chi connectivity index (χ3v) is 3.13. The Kier molecular flexibility index (Phi) is 3.91. The molecule has 0 spiro atoms. The maximum absolute atomic E-state index is 9.06. The number of aromatic nitrogens is 1. The van der Waals surface area contributed by atoms with Gasteiger partial charge in [-0.3, -0.25) is 0 Å². The molecule has 0 aromatic carbocycles. The van der Waals surface area contributed by atoms with Gasteiger partial charge in [-0.05, 0) is 23.6 Å². The quantitative estimate of drug-likeness (QED) is 0.861. The highest BCUT2D eigenvalue weighted by atomic mass is 32.1. The van der Waals surface area contributed by atoms with E-state index in [0.29, 0.717) is 6.54 Å². The number of nitrogens with zero attached hydrogens (tertiary/aromatic N) is 2. The number of hydrogen-bond donors (Lipinski definition) is 1. The molecule has 1 N–H and O–H groups in total. The molecule has 2 heterocycles. The van der Waals surface area contributed by atoms with Gasteiger partial charge in [0, 0.05) is 17.6 Å². The second-order valence-electron chi connectivity index (χ2n) is 3.41. The Labute approximate surface area is 99.0 Å². The Hall–Kier alpha value is -1.39. The molecule has 0 atom stereocenters. The summed E-state index contributed by atoms with van der Waals surface area (Å²) in [6.45, 7) is 1.55. The van der Waals surface area contributed by atoms with Crippen LogP contribution < -0.4 is 4.90 Å². The lowest BCUT2D eigenvalue weighted by molar-refractivity contribution is 0.301. The van der Waals surface area contributed by atoms with E-state index in [1.165, 1.54) is 4.88 Å². The summed E-state index contributed by atoms with van der Waals surface area (Å²) in [6, 6.07) is 9.95. The van der Waals surface area contributed by atoms with Gasteiger partial charge in [-0.1, -0.05) is 12.1 Å². The molecule has 0 saturated heterocycles. The summed E-state index contributed by atoms with van der Waals surface area (Å²) in [5, 5.41) is 11.1. The van der Waals surface area contributed by atoms with Gasteiger partial charge in [-0.15, -0.1) is 11.3 Å². The zero-order valence-corrected chi connectivity index (χ0v) is 9.73. The minimum absolute atomic E-state index is 0.141. The monoisotopic (exact) mass is 234 g/mol. The molecule has 4 heteroatoms. The van der Waals surface area contributed by atoms with Crippen molar-refractivity contribution in [2.24, 2.45) is 0 Å². The van der Waals surface area contributed by atoms with E-state index in [1.54, 1.807) is 17.5 Å². The van der Waals surface area contributed by atoms with E-state index in [4.69, 9.17) is 5.11 Å². The van der Waals surface area contributed by atoms with E-state index < -0.39 is 0 Å². The first-order valence-electron chi connectivity index (χ1n) is 5.19. The van der Waals surface area contributed by atoms with Gasteiger partial charge in [0.1, 0.15) is 5.82 Å². The molecular weight excluding hydrogens is 220 g/mol. The number of aliphatic hydroxyl groups is 1. The first kappa shape index (κ1) is 11.1. The summed E-state index contributed by atoms with van der Waals surface area (Å²) < 4.78 is 0. The molecule has 3 nitrogen and oxygen atoms in total. The van der Waals surface area contributed by atoms with Crippen LogP contribution in [-0.4, -0.2) is 23.2 Å². The van der Waals surface area contributed by atoms with Crippen LogP contribution in [0.4, 0.5) is 5.82 Å². The van der Waals surface area contributed by atoms with Crippen LogP contribution >= 0.6 is 11.3 Å². The number of thiophene rings is 1. The van der Waals surface area contributed by atoms with E-state index in [1.807, 2.05) is 24.3 Å². The lowest BCUT2D eigenvalue weighted by Crippen LogP contribution is -2.26. The van der Waals surface area contributed by atoms with Gasteiger partial charge in [-0.2, -0.15) is 0 Å². The van der Waals surface area contributed by atoms with Crippen molar-refractivity contribution >= 4 is 17.2 Å². The van der Waals surface area contributed by atoms with E-state index >= 15 is 0 Å². The standard InChI is InChI=1S/C12H14N2OS/c15-8-7-14(10-11-4-3-9-16-11)12-5-1-2-6-13-12/h1-6,9,15H,7-8,10H2. The molecule has 2 rings (SSSR count). The Bertz CT molecular complexity index is 402. The molecule has 0 saturated carbocycles. The van der Waals surface area contributed by atoms with Gasteiger partial charge in [0.25, 0.3) is 0 Å². The topological polar surface area (TPSA) is 36.4 Å². The van der Waals surface area contributed by atoms with Crippen molar-refractivity contribution in [2.75, 3.05) is 18.1 Å². The number of rotatable bonds is 5. The van der Waals surface area contributed by atoms with Crippen LogP contribution in [0.5, 0.6) is 0 Å². The molecule has 0 bridgehead atoms. The summed E-state index contributed by atoms with van der Waals surface area (Å²) in [7, 11) is 0. The van der Waals surface area contributed by atoms with E-state index in [9.17, 15) is 0 Å². The Morgan fingerprint density at radius 2 is 2.19 bits per heavy atom. The second kappa shape index (κ2) is 5.63. The number of anilines is 1. The van der Waals surface area contributed by atoms with Gasteiger partial charge in [0.05, 0.1) is 13.2 Å². The largest absolute Gasteiger partial charge is 0.395 e. The molecule has 0 aliphatic carbocycles. The molecule has 2 aromatic heterocycles. The molecule has 16 heavy (non-hydrogen) atoms. The van der Waals surface area contributed by atoms with Crippen molar-refractivity contribution in [3.8, 4) is 0 Å². The average molecular weight is 234 g/mol. The van der Waals surface area contributed by atoms with E-state index in [0.717, 1.165) is 12.4 Å². The van der Waals surface area contributed by atoms with Crippen LogP contribution in [0, 0.1) is 0 Å². The van der Waals surface area contributed by atoms with Crippen LogP contribution in [0.1, 0.15) is 4.88 Å². The fourth-order valence-electron chi connectivity index (χ4n) is 1.53. The normalized spacial score (nSPS) is 10.3. The highest BCUT2D eigenvalue weighted by Crippen LogP contribution is 2.16. The first-order chi connectivity index (χ1) is 7.90. The second-order valence-corrected chi connectivity index (χ2v) is 4.44. The van der Waals surface area contributed by atoms with Crippen molar-refractivity contribution in [3.05, 3.63) is 46.8 Å². The van der Waals surface area contributed by atoms with Crippen molar-refractivity contribution < 1.29 is 5.11 Å². The lowest BCUT2D eigenvalue weighted by Gasteiger charge is -2.21. The molecule has 0 aliphatic heterocycles. The number of aliphatic hydroxyl groups excluding tert-OH is 1. The summed E-state index contributed by atoms with van der Waals surface area (Å²) in [5.74, 6) is 0.907. The zero-order chi connectivity index (χ0) is 11.2. The highest BCUT2D eigenvalue weighted by molar-refractivity contribution is 7.09. The zero-order valence-electron chi connectivity index (χ0n) is 8.91. The van der Waals surface area contributed by atoms with Gasteiger partial charge in [0.15, 0.2) is 0 Å². The van der Waals surface area contributed by atoms with Crippen molar-refractivity contribution in [2.45, 2.75) is 6.54 Å². The Morgan fingerprint density at radius 1 is 1.25 bits per heavy atom. The molecule has 0 unspecified atom stereocenters. The molecule has 84 valence electrons. The van der Waals surface area contributed by atoms with Crippen LogP contribution in [0.15, 0.2) is 41.9 Å². The van der Waals surface area contributed by atoms with Crippen LogP contribution in [0.3, 0.4) is 0 Å².